The zero-order valence-electron chi connectivity index (χ0n) is 9.07. The van der Waals surface area contributed by atoms with Crippen molar-refractivity contribution in [3.63, 3.8) is 0 Å². The molecule has 2 heteroatoms. The van der Waals surface area contributed by atoms with Gasteiger partial charge in [-0.25, -0.2) is 0 Å². The Labute approximate surface area is 93.9 Å². The van der Waals surface area contributed by atoms with E-state index in [9.17, 15) is 9.59 Å². The molecule has 2 aromatic carbocycles. The van der Waals surface area contributed by atoms with Crippen LogP contribution in [0.25, 0.3) is 10.8 Å². The first-order chi connectivity index (χ1) is 7.76. The van der Waals surface area contributed by atoms with Crippen LogP contribution in [-0.2, 0) is 0 Å². The molecule has 2 nitrogen and oxygen atoms in total. The lowest BCUT2D eigenvalue weighted by Gasteiger charge is -2.05. The van der Waals surface area contributed by atoms with Crippen molar-refractivity contribution in [3.8, 4) is 0 Å². The lowest BCUT2D eigenvalue weighted by atomic mass is 9.98. The summed E-state index contributed by atoms with van der Waals surface area (Å²) < 4.78 is 0. The Morgan fingerprint density at radius 2 is 1.81 bits per heavy atom. The second-order valence-corrected chi connectivity index (χ2v) is 3.68. The number of Topliss-reactive ketones (excluding diaryl/α,β-unsaturated/α-hetero) is 1. The Balaban J connectivity index is 2.72. The largest absolute Gasteiger partial charge is 0.298 e. The molecule has 0 atom stereocenters. The molecule has 0 aliphatic heterocycles. The highest BCUT2D eigenvalue weighted by molar-refractivity contribution is 6.06. The minimum atomic E-state index is 0.00727. The molecule has 0 aromatic heterocycles. The van der Waals surface area contributed by atoms with Gasteiger partial charge in [-0.1, -0.05) is 31.2 Å². The van der Waals surface area contributed by atoms with Crippen LogP contribution in [0.5, 0.6) is 0 Å². The number of carbonyl (C=O) groups excluding carboxylic acids is 2. The van der Waals surface area contributed by atoms with Gasteiger partial charge >= 0.3 is 0 Å². The third-order valence-corrected chi connectivity index (χ3v) is 2.67. The highest BCUT2D eigenvalue weighted by Crippen LogP contribution is 2.20. The molecule has 16 heavy (non-hydrogen) atoms. The number of benzene rings is 2. The monoisotopic (exact) mass is 212 g/mol. The number of hydrogen-bond acceptors (Lipinski definition) is 2. The van der Waals surface area contributed by atoms with Crippen molar-refractivity contribution in [3.05, 3.63) is 47.5 Å². The van der Waals surface area contributed by atoms with Crippen molar-refractivity contribution in [2.75, 3.05) is 0 Å². The quantitative estimate of drug-likeness (QED) is 0.578. The van der Waals surface area contributed by atoms with Crippen molar-refractivity contribution in [2.45, 2.75) is 13.3 Å². The summed E-state index contributed by atoms with van der Waals surface area (Å²) in [5, 5.41) is 1.97. The van der Waals surface area contributed by atoms with Crippen LogP contribution < -0.4 is 0 Å². The molecule has 0 bridgehead atoms. The van der Waals surface area contributed by atoms with E-state index in [2.05, 4.69) is 0 Å². The van der Waals surface area contributed by atoms with Gasteiger partial charge in [-0.2, -0.15) is 0 Å². The van der Waals surface area contributed by atoms with E-state index in [1.54, 1.807) is 19.1 Å². The first kappa shape index (κ1) is 10.6. The minimum absolute atomic E-state index is 0.00727. The van der Waals surface area contributed by atoms with Crippen molar-refractivity contribution in [2.24, 2.45) is 0 Å². The molecule has 0 spiro atoms. The second kappa shape index (κ2) is 4.27. The summed E-state index contributed by atoms with van der Waals surface area (Å²) in [5.74, 6) is 0.00727. The summed E-state index contributed by atoms with van der Waals surface area (Å²) in [7, 11) is 0. The van der Waals surface area contributed by atoms with E-state index in [-0.39, 0.29) is 5.78 Å². The van der Waals surface area contributed by atoms with Gasteiger partial charge in [0.2, 0.25) is 0 Å². The van der Waals surface area contributed by atoms with Crippen LogP contribution >= 0.6 is 0 Å². The topological polar surface area (TPSA) is 34.1 Å². The highest BCUT2D eigenvalue weighted by Gasteiger charge is 2.10. The first-order valence-electron chi connectivity index (χ1n) is 5.27. The van der Waals surface area contributed by atoms with Gasteiger partial charge in [0.15, 0.2) is 12.1 Å². The third-order valence-electron chi connectivity index (χ3n) is 2.67. The molecule has 80 valence electrons. The lowest BCUT2D eigenvalue weighted by molar-refractivity contribution is 0.0981. The number of carbonyl (C=O) groups is 2. The van der Waals surface area contributed by atoms with E-state index in [0.717, 1.165) is 17.1 Å². The maximum Gasteiger partial charge on any atom is 0.163 e. The normalized spacial score (nSPS) is 10.3. The summed E-state index contributed by atoms with van der Waals surface area (Å²) in [6.45, 7) is 1.80. The summed E-state index contributed by atoms with van der Waals surface area (Å²) in [6.07, 6.45) is 1.16. The minimum Gasteiger partial charge on any atom is -0.298 e. The lowest BCUT2D eigenvalue weighted by Crippen LogP contribution is -2.01. The second-order valence-electron chi connectivity index (χ2n) is 3.68. The van der Waals surface area contributed by atoms with Crippen LogP contribution in [0.3, 0.4) is 0 Å². The molecule has 0 aliphatic carbocycles. The van der Waals surface area contributed by atoms with E-state index < -0.39 is 0 Å². The number of hydrogen-bond donors (Lipinski definition) is 0. The number of aldehydes is 1. The van der Waals surface area contributed by atoms with Crippen molar-refractivity contribution in [1.29, 1.82) is 0 Å². The molecule has 0 saturated heterocycles. The van der Waals surface area contributed by atoms with Crippen LogP contribution in [0.15, 0.2) is 36.4 Å². The summed E-state index contributed by atoms with van der Waals surface area (Å²) in [4.78, 5) is 22.6. The fraction of sp³-hybridized carbons (Fsp3) is 0.143. The zero-order valence-corrected chi connectivity index (χ0v) is 9.07. The van der Waals surface area contributed by atoms with Crippen molar-refractivity contribution >= 4 is 22.8 Å². The fourth-order valence-electron chi connectivity index (χ4n) is 1.79. The van der Waals surface area contributed by atoms with Crippen molar-refractivity contribution < 1.29 is 9.59 Å². The first-order valence-corrected chi connectivity index (χ1v) is 5.27. The van der Waals surface area contributed by atoms with Gasteiger partial charge in [-0.05, 0) is 22.9 Å². The van der Waals surface area contributed by atoms with Crippen molar-refractivity contribution in [1.82, 2.24) is 0 Å². The van der Waals surface area contributed by atoms with E-state index >= 15 is 0 Å². The Hall–Kier alpha value is -1.96. The molecule has 0 N–H and O–H groups in total. The van der Waals surface area contributed by atoms with E-state index in [4.69, 9.17) is 0 Å². The van der Waals surface area contributed by atoms with E-state index in [1.807, 2.05) is 24.3 Å². The number of fused-ring (bicyclic) bond motifs is 1. The SMILES string of the molecule is CCC(=O)c1cc2ccccc2cc1C=O. The van der Waals surface area contributed by atoms with Gasteiger partial charge in [0.1, 0.15) is 0 Å². The van der Waals surface area contributed by atoms with Crippen LogP contribution in [-0.4, -0.2) is 12.1 Å². The van der Waals surface area contributed by atoms with Gasteiger partial charge in [-0.15, -0.1) is 0 Å². The Kier molecular flexibility index (Phi) is 2.82. The zero-order chi connectivity index (χ0) is 11.5. The predicted octanol–water partition coefficient (Wildman–Crippen LogP) is 3.25. The van der Waals surface area contributed by atoms with Crippen LogP contribution in [0.2, 0.25) is 0 Å². The Bertz CT molecular complexity index is 556. The average Bonchev–Trinajstić information content (AvgIpc) is 2.36. The number of rotatable bonds is 3. The summed E-state index contributed by atoms with van der Waals surface area (Å²) in [5.41, 5.74) is 1.00. The highest BCUT2D eigenvalue weighted by atomic mass is 16.1. The summed E-state index contributed by atoms with van der Waals surface area (Å²) >= 11 is 0. The average molecular weight is 212 g/mol. The molecule has 2 rings (SSSR count). The molecule has 2 aromatic rings. The standard InChI is InChI=1S/C14H12O2/c1-2-14(16)13-8-11-6-4-3-5-10(11)7-12(13)9-15/h3-9H,2H2,1H3. The van der Waals surface area contributed by atoms with Gasteiger partial charge < -0.3 is 0 Å². The molecular formula is C14H12O2. The maximum atomic E-state index is 11.7. The fourth-order valence-corrected chi connectivity index (χ4v) is 1.79. The van der Waals surface area contributed by atoms with Gasteiger partial charge in [0, 0.05) is 17.5 Å². The maximum absolute atomic E-state index is 11.7. The van der Waals surface area contributed by atoms with Crippen LogP contribution in [0.1, 0.15) is 34.1 Å². The molecule has 0 radical (unpaired) electrons. The molecule has 0 fully saturated rings. The molecule has 0 heterocycles. The van der Waals surface area contributed by atoms with Gasteiger partial charge in [0.25, 0.3) is 0 Å². The Morgan fingerprint density at radius 1 is 1.19 bits per heavy atom. The van der Waals surface area contributed by atoms with Gasteiger partial charge in [-0.3, -0.25) is 9.59 Å². The number of ketones is 1. The molecule has 0 aliphatic rings. The predicted molar refractivity (Wildman–Crippen MR) is 64.0 cm³/mol. The Morgan fingerprint density at radius 3 is 2.38 bits per heavy atom. The van der Waals surface area contributed by atoms with Crippen LogP contribution in [0.4, 0.5) is 0 Å². The van der Waals surface area contributed by atoms with E-state index in [1.165, 1.54) is 0 Å². The molecule has 0 unspecified atom stereocenters. The molecule has 0 amide bonds. The smallest absolute Gasteiger partial charge is 0.163 e. The summed E-state index contributed by atoms with van der Waals surface area (Å²) in [6, 6.07) is 11.3. The third kappa shape index (κ3) is 1.74. The molecular weight excluding hydrogens is 200 g/mol. The van der Waals surface area contributed by atoms with E-state index in [0.29, 0.717) is 17.5 Å². The van der Waals surface area contributed by atoms with Crippen LogP contribution in [0, 0.1) is 0 Å². The molecule has 0 saturated carbocycles. The van der Waals surface area contributed by atoms with Gasteiger partial charge in [0.05, 0.1) is 0 Å².